The fourth-order valence-electron chi connectivity index (χ4n) is 3.52. The number of ether oxygens (including phenoxy) is 2. The smallest absolute Gasteiger partial charge is 0.173 e. The van der Waals surface area contributed by atoms with Gasteiger partial charge in [0.05, 0.1) is 46.0 Å². The molecule has 2 N–H and O–H groups in total. The highest BCUT2D eigenvalue weighted by atomic mass is 32.1. The molecule has 0 spiro atoms. The number of anilines is 1. The van der Waals surface area contributed by atoms with Crippen LogP contribution in [0.1, 0.15) is 18.1 Å². The summed E-state index contributed by atoms with van der Waals surface area (Å²) in [6.07, 6.45) is 1.05. The van der Waals surface area contributed by atoms with Crippen LogP contribution in [0.2, 0.25) is 0 Å². The van der Waals surface area contributed by atoms with Crippen LogP contribution in [-0.2, 0) is 13.0 Å². The molecule has 0 bridgehead atoms. The number of hydrogen-bond acceptors (Lipinski definition) is 3. The largest absolute Gasteiger partial charge is 0.497 e. The maximum atomic E-state index is 5.63. The Bertz CT molecular complexity index is 787. The summed E-state index contributed by atoms with van der Waals surface area (Å²) in [4.78, 5) is 3.79. The van der Waals surface area contributed by atoms with Gasteiger partial charge in [-0.1, -0.05) is 19.1 Å². The molecule has 3 rings (SSSR count). The summed E-state index contributed by atoms with van der Waals surface area (Å²) in [6.45, 7) is 7.05. The molecule has 1 heterocycles. The third-order valence-corrected chi connectivity index (χ3v) is 5.66. The summed E-state index contributed by atoms with van der Waals surface area (Å²) >= 11 is 5.63. The second-order valence-electron chi connectivity index (χ2n) is 7.07. The van der Waals surface area contributed by atoms with Gasteiger partial charge in [-0.25, -0.2) is 0 Å². The lowest BCUT2D eigenvalue weighted by Crippen LogP contribution is -3.13. The summed E-state index contributed by atoms with van der Waals surface area (Å²) in [7, 11) is 3.41. The average Bonchev–Trinajstić information content (AvgIpc) is 2.74. The number of quaternary nitrogens is 1. The Kier molecular flexibility index (Phi) is 7.12. The maximum Gasteiger partial charge on any atom is 0.173 e. The second kappa shape index (κ2) is 9.75. The van der Waals surface area contributed by atoms with E-state index in [0.29, 0.717) is 0 Å². The Morgan fingerprint density at radius 2 is 1.79 bits per heavy atom. The minimum Gasteiger partial charge on any atom is -0.497 e. The van der Waals surface area contributed by atoms with E-state index >= 15 is 0 Å². The molecule has 6 heteroatoms. The molecule has 0 radical (unpaired) electrons. The van der Waals surface area contributed by atoms with Gasteiger partial charge in [0.25, 0.3) is 0 Å². The monoisotopic (exact) mass is 400 g/mol. The molecule has 0 unspecified atom stereocenters. The van der Waals surface area contributed by atoms with E-state index in [1.165, 1.54) is 16.0 Å². The third kappa shape index (κ3) is 5.14. The Balaban J connectivity index is 1.53. The van der Waals surface area contributed by atoms with Crippen LogP contribution in [0.25, 0.3) is 0 Å². The molecule has 2 aromatic rings. The Morgan fingerprint density at radius 3 is 2.39 bits per heavy atom. The number of methoxy groups -OCH3 is 2. The molecule has 1 aliphatic rings. The molecular weight excluding hydrogens is 370 g/mol. The van der Waals surface area contributed by atoms with E-state index in [9.17, 15) is 0 Å². The van der Waals surface area contributed by atoms with Crippen LogP contribution >= 0.6 is 12.2 Å². The molecule has 1 saturated heterocycles. The third-order valence-electron chi connectivity index (χ3n) is 5.30. The Labute approximate surface area is 173 Å². The van der Waals surface area contributed by atoms with Crippen molar-refractivity contribution in [2.24, 2.45) is 0 Å². The first-order chi connectivity index (χ1) is 13.6. The van der Waals surface area contributed by atoms with Gasteiger partial charge in [0, 0.05) is 5.69 Å². The molecule has 1 fully saturated rings. The Morgan fingerprint density at radius 1 is 1.07 bits per heavy atom. The van der Waals surface area contributed by atoms with E-state index < -0.39 is 0 Å². The molecule has 28 heavy (non-hydrogen) atoms. The molecule has 5 nitrogen and oxygen atoms in total. The van der Waals surface area contributed by atoms with Gasteiger partial charge in [-0.3, -0.25) is 0 Å². The van der Waals surface area contributed by atoms with Crippen molar-refractivity contribution < 1.29 is 14.4 Å². The van der Waals surface area contributed by atoms with Crippen molar-refractivity contribution in [1.82, 2.24) is 4.90 Å². The second-order valence-corrected chi connectivity index (χ2v) is 7.46. The molecule has 1 aliphatic heterocycles. The number of nitrogens with zero attached hydrogens (tertiary/aromatic N) is 1. The molecule has 2 aromatic carbocycles. The van der Waals surface area contributed by atoms with Crippen LogP contribution in [-0.4, -0.2) is 50.4 Å². The highest BCUT2D eigenvalue weighted by Crippen LogP contribution is 2.23. The summed E-state index contributed by atoms with van der Waals surface area (Å²) in [5.41, 5.74) is 3.57. The topological polar surface area (TPSA) is 38.2 Å². The van der Waals surface area contributed by atoms with Crippen molar-refractivity contribution in [3.05, 3.63) is 53.6 Å². The Hall–Kier alpha value is -2.31. The van der Waals surface area contributed by atoms with E-state index in [2.05, 4.69) is 47.5 Å². The number of benzene rings is 2. The molecular formula is C22H30N3O2S+. The lowest BCUT2D eigenvalue weighted by atomic mass is 10.1. The predicted octanol–water partition coefficient (Wildman–Crippen LogP) is 2.36. The predicted molar refractivity (Wildman–Crippen MR) is 118 cm³/mol. The first-order valence-corrected chi connectivity index (χ1v) is 10.2. The first-order valence-electron chi connectivity index (χ1n) is 9.82. The number of nitrogens with one attached hydrogen (secondary N) is 2. The first kappa shape index (κ1) is 20.4. The highest BCUT2D eigenvalue weighted by molar-refractivity contribution is 7.80. The van der Waals surface area contributed by atoms with Crippen molar-refractivity contribution in [3.8, 4) is 11.5 Å². The fraction of sp³-hybridized carbons (Fsp3) is 0.409. The standard InChI is InChI=1S/C22H29N3O2S/c1-4-17-5-7-19(8-6-17)23-22(28)25-13-11-24(12-14-25)16-18-15-20(26-2)9-10-21(18)27-3/h5-10,15H,4,11-14,16H2,1-3H3,(H,23,28)/p+1. The van der Waals surface area contributed by atoms with Crippen LogP contribution in [0, 0.1) is 0 Å². The van der Waals surface area contributed by atoms with E-state index in [4.69, 9.17) is 21.7 Å². The summed E-state index contributed by atoms with van der Waals surface area (Å²) in [6, 6.07) is 14.5. The van der Waals surface area contributed by atoms with Gasteiger partial charge in [0.15, 0.2) is 5.11 Å². The van der Waals surface area contributed by atoms with Crippen LogP contribution in [0.4, 0.5) is 5.69 Å². The average molecular weight is 401 g/mol. The van der Waals surface area contributed by atoms with Gasteiger partial charge in [0.1, 0.15) is 18.0 Å². The van der Waals surface area contributed by atoms with Crippen molar-refractivity contribution in [3.63, 3.8) is 0 Å². The fourth-order valence-corrected chi connectivity index (χ4v) is 3.82. The zero-order valence-corrected chi connectivity index (χ0v) is 17.8. The normalized spacial score (nSPS) is 14.6. The number of thiocarbonyl (C=S) groups is 1. The van der Waals surface area contributed by atoms with Gasteiger partial charge in [-0.05, 0) is 54.5 Å². The summed E-state index contributed by atoms with van der Waals surface area (Å²) in [5.74, 6) is 1.79. The van der Waals surface area contributed by atoms with Crippen molar-refractivity contribution in [2.45, 2.75) is 19.9 Å². The minimum absolute atomic E-state index is 0.808. The van der Waals surface area contributed by atoms with E-state index in [1.54, 1.807) is 14.2 Å². The molecule has 0 atom stereocenters. The molecule has 0 aliphatic carbocycles. The maximum absolute atomic E-state index is 5.63. The van der Waals surface area contributed by atoms with Gasteiger partial charge in [-0.2, -0.15) is 0 Å². The van der Waals surface area contributed by atoms with E-state index in [0.717, 1.165) is 61.4 Å². The van der Waals surface area contributed by atoms with Crippen LogP contribution in [0.3, 0.4) is 0 Å². The SMILES string of the molecule is CCc1ccc(NC(=S)N2CC[NH+](Cc3cc(OC)ccc3OC)CC2)cc1. The van der Waals surface area contributed by atoms with Crippen LogP contribution in [0.5, 0.6) is 11.5 Å². The zero-order valence-electron chi connectivity index (χ0n) is 17.0. The lowest BCUT2D eigenvalue weighted by molar-refractivity contribution is -0.917. The summed E-state index contributed by atoms with van der Waals surface area (Å²) < 4.78 is 10.9. The van der Waals surface area contributed by atoms with Crippen LogP contribution < -0.4 is 19.7 Å². The number of piperazine rings is 1. The highest BCUT2D eigenvalue weighted by Gasteiger charge is 2.23. The minimum atomic E-state index is 0.808. The molecule has 0 saturated carbocycles. The van der Waals surface area contributed by atoms with E-state index in [-0.39, 0.29) is 0 Å². The number of hydrogen-bond donors (Lipinski definition) is 2. The summed E-state index contributed by atoms with van der Waals surface area (Å²) in [5, 5.41) is 4.18. The number of rotatable bonds is 6. The lowest BCUT2D eigenvalue weighted by Gasteiger charge is -2.34. The zero-order chi connectivity index (χ0) is 19.9. The van der Waals surface area contributed by atoms with E-state index in [1.807, 2.05) is 12.1 Å². The molecule has 150 valence electrons. The molecule has 0 aromatic heterocycles. The van der Waals surface area contributed by atoms with Gasteiger partial charge < -0.3 is 24.6 Å². The van der Waals surface area contributed by atoms with Crippen molar-refractivity contribution in [2.75, 3.05) is 45.7 Å². The number of aryl methyl sites for hydroxylation is 1. The van der Waals surface area contributed by atoms with Crippen LogP contribution in [0.15, 0.2) is 42.5 Å². The van der Waals surface area contributed by atoms with Crippen molar-refractivity contribution >= 4 is 23.0 Å². The molecule has 0 amide bonds. The van der Waals surface area contributed by atoms with Gasteiger partial charge >= 0.3 is 0 Å². The van der Waals surface area contributed by atoms with Gasteiger partial charge in [0.2, 0.25) is 0 Å². The van der Waals surface area contributed by atoms with Gasteiger partial charge in [-0.15, -0.1) is 0 Å². The van der Waals surface area contributed by atoms with Crippen molar-refractivity contribution in [1.29, 1.82) is 0 Å². The quantitative estimate of drug-likeness (QED) is 0.729.